The van der Waals surface area contributed by atoms with Crippen LogP contribution in [0.2, 0.25) is 0 Å². The summed E-state index contributed by atoms with van der Waals surface area (Å²) >= 11 is 0. The Morgan fingerprint density at radius 2 is 1.91 bits per heavy atom. The quantitative estimate of drug-likeness (QED) is 0.712. The molecule has 0 aliphatic heterocycles. The number of ether oxygens (including phenoxy) is 1. The van der Waals surface area contributed by atoms with Gasteiger partial charge in [-0.25, -0.2) is 0 Å². The first-order valence-corrected chi connectivity index (χ1v) is 7.31. The number of rotatable bonds is 5. The number of aryl methyl sites for hydroxylation is 1. The molecule has 22 heavy (non-hydrogen) atoms. The summed E-state index contributed by atoms with van der Waals surface area (Å²) in [7, 11) is 1.64. The van der Waals surface area contributed by atoms with Crippen molar-refractivity contribution in [1.82, 2.24) is 10.1 Å². The van der Waals surface area contributed by atoms with Crippen LogP contribution < -0.4 is 0 Å². The van der Waals surface area contributed by atoms with Gasteiger partial charge in [0.15, 0.2) is 5.76 Å². The first-order valence-electron chi connectivity index (χ1n) is 7.31. The van der Waals surface area contributed by atoms with Crippen LogP contribution in [0.4, 0.5) is 0 Å². The fourth-order valence-corrected chi connectivity index (χ4v) is 2.38. The number of nitrogens with zero attached hydrogens (tertiary/aromatic N) is 2. The minimum absolute atomic E-state index is 0.325. The first kappa shape index (κ1) is 14.5. The van der Waals surface area contributed by atoms with Gasteiger partial charge in [-0.3, -0.25) is 4.98 Å². The van der Waals surface area contributed by atoms with E-state index in [-0.39, 0.29) is 6.10 Å². The standard InChI is InChI=1S/C18H18N2O2/c1-3-13-7-9-14(10-8-13)17-12-16(20-22-17)18(21-2)15-6-4-5-11-19-15/h4-12,18H,3H2,1-2H3. The third kappa shape index (κ3) is 2.92. The van der Waals surface area contributed by atoms with Gasteiger partial charge in [0, 0.05) is 24.9 Å². The lowest BCUT2D eigenvalue weighted by Crippen LogP contribution is -2.05. The van der Waals surface area contributed by atoms with Crippen molar-refractivity contribution in [3.63, 3.8) is 0 Å². The van der Waals surface area contributed by atoms with Gasteiger partial charge in [-0.15, -0.1) is 0 Å². The summed E-state index contributed by atoms with van der Waals surface area (Å²) in [6.45, 7) is 2.14. The Morgan fingerprint density at radius 3 is 2.55 bits per heavy atom. The van der Waals surface area contributed by atoms with Crippen LogP contribution in [0.25, 0.3) is 11.3 Å². The highest BCUT2D eigenvalue weighted by atomic mass is 16.5. The summed E-state index contributed by atoms with van der Waals surface area (Å²) in [6.07, 6.45) is 2.44. The Labute approximate surface area is 129 Å². The molecule has 1 atom stereocenters. The number of hydrogen-bond donors (Lipinski definition) is 0. The van der Waals surface area contributed by atoms with Crippen molar-refractivity contribution in [2.45, 2.75) is 19.4 Å². The molecule has 0 spiro atoms. The molecule has 0 saturated heterocycles. The van der Waals surface area contributed by atoms with Crippen LogP contribution in [-0.2, 0) is 11.2 Å². The fourth-order valence-electron chi connectivity index (χ4n) is 2.38. The predicted octanol–water partition coefficient (Wildman–Crippen LogP) is 4.03. The van der Waals surface area contributed by atoms with E-state index in [1.807, 2.05) is 36.4 Å². The zero-order valence-electron chi connectivity index (χ0n) is 12.7. The van der Waals surface area contributed by atoms with Crippen LogP contribution in [0.3, 0.4) is 0 Å². The Balaban J connectivity index is 1.88. The number of pyridine rings is 1. The lowest BCUT2D eigenvalue weighted by Gasteiger charge is -2.10. The third-order valence-electron chi connectivity index (χ3n) is 3.64. The van der Waals surface area contributed by atoms with E-state index in [9.17, 15) is 0 Å². The zero-order chi connectivity index (χ0) is 15.4. The second-order valence-corrected chi connectivity index (χ2v) is 5.04. The molecule has 3 aromatic rings. The Morgan fingerprint density at radius 1 is 1.09 bits per heavy atom. The van der Waals surface area contributed by atoms with Crippen molar-refractivity contribution in [3.8, 4) is 11.3 Å². The van der Waals surface area contributed by atoms with Gasteiger partial charge in [0.2, 0.25) is 0 Å². The second-order valence-electron chi connectivity index (χ2n) is 5.04. The van der Waals surface area contributed by atoms with E-state index >= 15 is 0 Å². The van der Waals surface area contributed by atoms with Crippen molar-refractivity contribution in [2.24, 2.45) is 0 Å². The summed E-state index contributed by atoms with van der Waals surface area (Å²) in [4.78, 5) is 4.32. The third-order valence-corrected chi connectivity index (χ3v) is 3.64. The van der Waals surface area contributed by atoms with Crippen molar-refractivity contribution in [3.05, 3.63) is 71.7 Å². The average molecular weight is 294 g/mol. The second kappa shape index (κ2) is 6.54. The minimum Gasteiger partial charge on any atom is -0.369 e. The van der Waals surface area contributed by atoms with Crippen molar-refractivity contribution in [1.29, 1.82) is 0 Å². The lowest BCUT2D eigenvalue weighted by molar-refractivity contribution is 0.126. The van der Waals surface area contributed by atoms with Crippen LogP contribution in [0.1, 0.15) is 30.0 Å². The van der Waals surface area contributed by atoms with Crippen LogP contribution in [0.15, 0.2) is 59.3 Å². The van der Waals surface area contributed by atoms with Gasteiger partial charge in [-0.1, -0.05) is 42.4 Å². The van der Waals surface area contributed by atoms with E-state index in [4.69, 9.17) is 9.26 Å². The van der Waals surface area contributed by atoms with E-state index in [1.54, 1.807) is 13.3 Å². The molecule has 0 N–H and O–H groups in total. The van der Waals surface area contributed by atoms with Gasteiger partial charge in [-0.2, -0.15) is 0 Å². The van der Waals surface area contributed by atoms with E-state index in [2.05, 4.69) is 29.2 Å². The molecule has 4 heteroatoms. The number of methoxy groups -OCH3 is 1. The molecule has 4 nitrogen and oxygen atoms in total. The van der Waals surface area contributed by atoms with Crippen LogP contribution in [0.5, 0.6) is 0 Å². The summed E-state index contributed by atoms with van der Waals surface area (Å²) in [5.41, 5.74) is 3.83. The van der Waals surface area contributed by atoms with Gasteiger partial charge in [0.05, 0.1) is 5.69 Å². The molecule has 3 rings (SSSR count). The molecule has 1 aromatic carbocycles. The van der Waals surface area contributed by atoms with Crippen LogP contribution in [0, 0.1) is 0 Å². The molecular weight excluding hydrogens is 276 g/mol. The van der Waals surface area contributed by atoms with Gasteiger partial charge in [0.25, 0.3) is 0 Å². The molecule has 0 aliphatic rings. The van der Waals surface area contributed by atoms with E-state index in [1.165, 1.54) is 5.56 Å². The number of aromatic nitrogens is 2. The lowest BCUT2D eigenvalue weighted by atomic mass is 10.1. The Kier molecular flexibility index (Phi) is 4.30. The molecule has 0 amide bonds. The monoisotopic (exact) mass is 294 g/mol. The molecule has 0 aliphatic carbocycles. The smallest absolute Gasteiger partial charge is 0.167 e. The maximum absolute atomic E-state index is 5.52. The normalized spacial score (nSPS) is 12.3. The van der Waals surface area contributed by atoms with Gasteiger partial charge in [0.1, 0.15) is 11.8 Å². The van der Waals surface area contributed by atoms with Crippen LogP contribution in [-0.4, -0.2) is 17.3 Å². The highest BCUT2D eigenvalue weighted by Crippen LogP contribution is 2.27. The predicted molar refractivity (Wildman–Crippen MR) is 84.4 cm³/mol. The van der Waals surface area contributed by atoms with Crippen molar-refractivity contribution < 1.29 is 9.26 Å². The van der Waals surface area contributed by atoms with Gasteiger partial charge < -0.3 is 9.26 Å². The van der Waals surface area contributed by atoms with E-state index in [0.29, 0.717) is 0 Å². The molecule has 2 aromatic heterocycles. The Bertz CT molecular complexity index is 720. The number of benzene rings is 1. The van der Waals surface area contributed by atoms with E-state index in [0.717, 1.165) is 29.1 Å². The number of hydrogen-bond acceptors (Lipinski definition) is 4. The fraction of sp³-hybridized carbons (Fsp3) is 0.222. The molecular formula is C18H18N2O2. The van der Waals surface area contributed by atoms with Gasteiger partial charge >= 0.3 is 0 Å². The Hall–Kier alpha value is -2.46. The first-order chi connectivity index (χ1) is 10.8. The highest BCUT2D eigenvalue weighted by molar-refractivity contribution is 5.58. The minimum atomic E-state index is -0.325. The highest BCUT2D eigenvalue weighted by Gasteiger charge is 2.19. The molecule has 1 unspecified atom stereocenters. The molecule has 0 fully saturated rings. The molecule has 0 bridgehead atoms. The largest absolute Gasteiger partial charge is 0.369 e. The summed E-state index contributed by atoms with van der Waals surface area (Å²) in [6, 6.07) is 15.9. The maximum Gasteiger partial charge on any atom is 0.167 e. The van der Waals surface area contributed by atoms with Crippen molar-refractivity contribution in [2.75, 3.05) is 7.11 Å². The average Bonchev–Trinajstić information content (AvgIpc) is 3.06. The molecule has 112 valence electrons. The summed E-state index contributed by atoms with van der Waals surface area (Å²) in [5, 5.41) is 4.14. The van der Waals surface area contributed by atoms with Crippen molar-refractivity contribution >= 4 is 0 Å². The SMILES string of the molecule is CCc1ccc(-c2cc(C(OC)c3ccccn3)no2)cc1. The molecule has 0 radical (unpaired) electrons. The maximum atomic E-state index is 5.52. The summed E-state index contributed by atoms with van der Waals surface area (Å²) in [5.74, 6) is 0.732. The zero-order valence-corrected chi connectivity index (χ0v) is 12.7. The van der Waals surface area contributed by atoms with Gasteiger partial charge in [-0.05, 0) is 24.1 Å². The van der Waals surface area contributed by atoms with E-state index < -0.39 is 0 Å². The molecule has 0 saturated carbocycles. The van der Waals surface area contributed by atoms with Crippen LogP contribution >= 0.6 is 0 Å². The summed E-state index contributed by atoms with van der Waals surface area (Å²) < 4.78 is 11.0. The molecule has 2 heterocycles. The topological polar surface area (TPSA) is 48.2 Å².